The molecule has 0 fully saturated rings. The maximum absolute atomic E-state index is 13.6. The minimum absolute atomic E-state index is 0.0411. The summed E-state index contributed by atoms with van der Waals surface area (Å²) in [5, 5.41) is 7.87. The van der Waals surface area contributed by atoms with Gasteiger partial charge in [0.2, 0.25) is 5.91 Å². The largest absolute Gasteiger partial charge is 0.310 e. The number of aromatic nitrogens is 2. The second-order valence-corrected chi connectivity index (χ2v) is 7.32. The molecule has 1 aromatic heterocycles. The smallest absolute Gasteiger partial charge is 0.235 e. The maximum atomic E-state index is 13.6. The van der Waals surface area contributed by atoms with Crippen molar-refractivity contribution in [2.75, 3.05) is 11.1 Å². The molecular formula is C18H13Cl2F2N3OS. The number of carbonyl (C=O) groups excluding carboxylic acids is 1. The molecule has 0 aliphatic rings. The van der Waals surface area contributed by atoms with E-state index in [2.05, 4.69) is 10.4 Å². The Kier molecular flexibility index (Phi) is 6.36. The summed E-state index contributed by atoms with van der Waals surface area (Å²) >= 11 is 13.3. The highest BCUT2D eigenvalue weighted by Crippen LogP contribution is 2.26. The number of thioether (sulfide) groups is 1. The van der Waals surface area contributed by atoms with Gasteiger partial charge in [0.1, 0.15) is 17.5 Å². The van der Waals surface area contributed by atoms with Crippen molar-refractivity contribution < 1.29 is 13.6 Å². The number of halogens is 4. The molecule has 1 heterocycles. The Morgan fingerprint density at radius 2 is 1.89 bits per heavy atom. The fourth-order valence-electron chi connectivity index (χ4n) is 2.31. The average Bonchev–Trinajstić information content (AvgIpc) is 3.04. The molecule has 0 unspecified atom stereocenters. The summed E-state index contributed by atoms with van der Waals surface area (Å²) in [5.74, 6) is -1.30. The number of rotatable bonds is 6. The summed E-state index contributed by atoms with van der Waals surface area (Å²) < 4.78 is 28.1. The zero-order valence-corrected chi connectivity index (χ0v) is 16.1. The van der Waals surface area contributed by atoms with E-state index >= 15 is 0 Å². The summed E-state index contributed by atoms with van der Waals surface area (Å²) in [6.07, 6.45) is 1.53. The predicted molar refractivity (Wildman–Crippen MR) is 104 cm³/mol. The molecule has 0 spiro atoms. The molecule has 4 nitrogen and oxygen atoms in total. The van der Waals surface area contributed by atoms with Crippen molar-refractivity contribution >= 4 is 46.7 Å². The van der Waals surface area contributed by atoms with Crippen LogP contribution in [0.2, 0.25) is 10.0 Å². The van der Waals surface area contributed by atoms with Gasteiger partial charge in [0.15, 0.2) is 0 Å². The van der Waals surface area contributed by atoms with Crippen LogP contribution >= 0.6 is 35.0 Å². The molecule has 1 amide bonds. The summed E-state index contributed by atoms with van der Waals surface area (Å²) in [7, 11) is 0. The van der Waals surface area contributed by atoms with E-state index in [1.165, 1.54) is 12.3 Å². The van der Waals surface area contributed by atoms with E-state index in [1.807, 2.05) is 0 Å². The van der Waals surface area contributed by atoms with Gasteiger partial charge in [-0.1, -0.05) is 29.3 Å². The van der Waals surface area contributed by atoms with E-state index in [4.69, 9.17) is 23.2 Å². The van der Waals surface area contributed by atoms with Gasteiger partial charge in [0.05, 0.1) is 18.5 Å². The zero-order valence-electron chi connectivity index (χ0n) is 13.8. The van der Waals surface area contributed by atoms with Crippen LogP contribution in [0.1, 0.15) is 5.56 Å². The van der Waals surface area contributed by atoms with Crippen LogP contribution in [-0.4, -0.2) is 21.4 Å². The highest BCUT2D eigenvalue weighted by molar-refractivity contribution is 8.00. The van der Waals surface area contributed by atoms with Gasteiger partial charge >= 0.3 is 0 Å². The lowest BCUT2D eigenvalue weighted by atomic mass is 10.2. The Bertz CT molecular complexity index is 961. The second kappa shape index (κ2) is 8.73. The normalized spacial score (nSPS) is 10.8. The van der Waals surface area contributed by atoms with E-state index in [0.29, 0.717) is 21.4 Å². The fourth-order valence-corrected chi connectivity index (χ4v) is 3.55. The Hall–Kier alpha value is -2.09. The first kappa shape index (κ1) is 19.7. The van der Waals surface area contributed by atoms with Gasteiger partial charge in [-0.25, -0.2) is 13.5 Å². The highest BCUT2D eigenvalue weighted by Gasteiger charge is 2.13. The molecule has 9 heteroatoms. The summed E-state index contributed by atoms with van der Waals surface area (Å²) in [6.45, 7) is 0.279. The number of amides is 1. The average molecular weight is 428 g/mol. The Balaban J connectivity index is 1.65. The van der Waals surface area contributed by atoms with Crippen LogP contribution in [0.25, 0.3) is 0 Å². The van der Waals surface area contributed by atoms with Crippen LogP contribution in [0, 0.1) is 11.6 Å². The van der Waals surface area contributed by atoms with E-state index in [-0.39, 0.29) is 23.1 Å². The van der Waals surface area contributed by atoms with Crippen molar-refractivity contribution in [3.63, 3.8) is 0 Å². The minimum atomic E-state index is -0.703. The van der Waals surface area contributed by atoms with Crippen molar-refractivity contribution in [2.24, 2.45) is 0 Å². The van der Waals surface area contributed by atoms with E-state index in [1.54, 1.807) is 28.9 Å². The number of benzene rings is 2. The van der Waals surface area contributed by atoms with Crippen molar-refractivity contribution in [1.82, 2.24) is 9.78 Å². The fraction of sp³-hybridized carbons (Fsp3) is 0.111. The molecule has 0 aliphatic carbocycles. The molecule has 3 rings (SSSR count). The Morgan fingerprint density at radius 3 is 2.59 bits per heavy atom. The molecule has 0 atom stereocenters. The first-order valence-corrected chi connectivity index (χ1v) is 9.50. The Labute approximate surface area is 168 Å². The minimum Gasteiger partial charge on any atom is -0.310 e. The third-order valence-corrected chi connectivity index (χ3v) is 5.36. The van der Waals surface area contributed by atoms with E-state index < -0.39 is 11.6 Å². The molecule has 140 valence electrons. The van der Waals surface area contributed by atoms with Gasteiger partial charge in [-0.2, -0.15) is 5.10 Å². The lowest BCUT2D eigenvalue weighted by molar-refractivity contribution is -0.113. The molecule has 27 heavy (non-hydrogen) atoms. The molecular weight excluding hydrogens is 415 g/mol. The lowest BCUT2D eigenvalue weighted by Gasteiger charge is -2.11. The highest BCUT2D eigenvalue weighted by atomic mass is 35.5. The third-order valence-electron chi connectivity index (χ3n) is 3.61. The SMILES string of the molecule is O=C(CSc1ccc(F)cc1F)Nc1ccnn1Cc1c(Cl)cccc1Cl. The van der Waals surface area contributed by atoms with Crippen molar-refractivity contribution in [3.05, 3.63) is 75.9 Å². The number of hydrogen-bond donors (Lipinski definition) is 1. The van der Waals surface area contributed by atoms with Gasteiger partial charge in [-0.15, -0.1) is 11.8 Å². The molecule has 0 bridgehead atoms. The number of carbonyl (C=O) groups is 1. The lowest BCUT2D eigenvalue weighted by Crippen LogP contribution is -2.18. The molecule has 2 aromatic carbocycles. The first-order valence-electron chi connectivity index (χ1n) is 7.76. The van der Waals surface area contributed by atoms with Crippen molar-refractivity contribution in [1.29, 1.82) is 0 Å². The van der Waals surface area contributed by atoms with Crippen molar-refractivity contribution in [3.8, 4) is 0 Å². The van der Waals surface area contributed by atoms with Gasteiger partial charge in [-0.05, 0) is 24.3 Å². The molecule has 1 N–H and O–H groups in total. The summed E-state index contributed by atoms with van der Waals surface area (Å²) in [6, 6.07) is 10.0. The zero-order chi connectivity index (χ0) is 19.4. The molecule has 3 aromatic rings. The predicted octanol–water partition coefficient (Wildman–Crippen LogP) is 5.25. The molecule has 0 saturated heterocycles. The number of hydrogen-bond acceptors (Lipinski definition) is 3. The molecule has 0 saturated carbocycles. The maximum Gasteiger partial charge on any atom is 0.235 e. The number of nitrogens with zero attached hydrogens (tertiary/aromatic N) is 2. The standard InChI is InChI=1S/C18H13Cl2F2N3OS/c19-13-2-1-3-14(20)12(13)9-25-17(6-7-23-25)24-18(26)10-27-16-5-4-11(21)8-15(16)22/h1-8H,9-10H2,(H,24,26). The van der Waals surface area contributed by atoms with Gasteiger partial charge in [0, 0.05) is 32.6 Å². The monoisotopic (exact) mass is 427 g/mol. The topological polar surface area (TPSA) is 46.9 Å². The third kappa shape index (κ3) is 5.00. The Morgan fingerprint density at radius 1 is 1.15 bits per heavy atom. The van der Waals surface area contributed by atoms with E-state index in [9.17, 15) is 13.6 Å². The number of anilines is 1. The summed E-state index contributed by atoms with van der Waals surface area (Å²) in [4.78, 5) is 12.4. The second-order valence-electron chi connectivity index (χ2n) is 5.49. The van der Waals surface area contributed by atoms with Gasteiger partial charge < -0.3 is 5.32 Å². The van der Waals surface area contributed by atoms with Gasteiger partial charge in [-0.3, -0.25) is 4.79 Å². The quantitative estimate of drug-likeness (QED) is 0.546. The molecule has 0 aliphatic heterocycles. The van der Waals surface area contributed by atoms with Crippen LogP contribution in [0.15, 0.2) is 53.6 Å². The van der Waals surface area contributed by atoms with Gasteiger partial charge in [0.25, 0.3) is 0 Å². The van der Waals surface area contributed by atoms with Crippen LogP contribution in [0.4, 0.5) is 14.6 Å². The first-order chi connectivity index (χ1) is 12.9. The van der Waals surface area contributed by atoms with Crippen LogP contribution < -0.4 is 5.32 Å². The molecule has 0 radical (unpaired) electrons. The number of nitrogens with one attached hydrogen (secondary N) is 1. The van der Waals surface area contributed by atoms with E-state index in [0.717, 1.165) is 23.9 Å². The van der Waals surface area contributed by atoms with Crippen LogP contribution in [0.5, 0.6) is 0 Å². The van der Waals surface area contributed by atoms with Crippen LogP contribution in [-0.2, 0) is 11.3 Å². The summed E-state index contributed by atoms with van der Waals surface area (Å²) in [5.41, 5.74) is 0.683. The van der Waals surface area contributed by atoms with Crippen LogP contribution in [0.3, 0.4) is 0 Å². The van der Waals surface area contributed by atoms with Crippen molar-refractivity contribution in [2.45, 2.75) is 11.4 Å².